The first-order valence-electron chi connectivity index (χ1n) is 8.80. The lowest BCUT2D eigenvalue weighted by molar-refractivity contribution is 0.263. The summed E-state index contributed by atoms with van der Waals surface area (Å²) >= 11 is 0. The number of pyridine rings is 1. The van der Waals surface area contributed by atoms with Gasteiger partial charge in [-0.25, -0.2) is 4.98 Å². The Balaban J connectivity index is 1.96. The van der Waals surface area contributed by atoms with Gasteiger partial charge in [0, 0.05) is 17.8 Å². The molecule has 2 aromatic rings. The molecular weight excluding hydrogens is 300 g/mol. The van der Waals surface area contributed by atoms with Crippen molar-refractivity contribution in [1.29, 1.82) is 0 Å². The summed E-state index contributed by atoms with van der Waals surface area (Å²) in [6.45, 7) is 10.6. The number of anilines is 2. The van der Waals surface area contributed by atoms with E-state index in [1.807, 2.05) is 6.92 Å². The summed E-state index contributed by atoms with van der Waals surface area (Å²) < 4.78 is 0. The average molecular weight is 328 g/mol. The summed E-state index contributed by atoms with van der Waals surface area (Å²) in [5, 5.41) is 7.99. The van der Waals surface area contributed by atoms with Crippen molar-refractivity contribution >= 4 is 22.8 Å². The maximum atomic E-state index is 4.76. The van der Waals surface area contributed by atoms with Crippen molar-refractivity contribution in [3.63, 3.8) is 0 Å². The predicted octanol–water partition coefficient (Wildman–Crippen LogP) is 2.97. The predicted molar refractivity (Wildman–Crippen MR) is 99.7 cm³/mol. The maximum Gasteiger partial charge on any atom is 0.226 e. The van der Waals surface area contributed by atoms with Gasteiger partial charge >= 0.3 is 0 Å². The molecule has 6 nitrogen and oxygen atoms in total. The molecule has 1 fully saturated rings. The lowest BCUT2D eigenvalue weighted by atomic mass is 10.1. The fourth-order valence-electron chi connectivity index (χ4n) is 3.26. The number of fused-ring (bicyclic) bond motifs is 1. The minimum absolute atomic E-state index is 0.306. The Hall–Kier alpha value is -1.95. The second-order valence-corrected chi connectivity index (χ2v) is 7.20. The molecule has 2 aromatic heterocycles. The van der Waals surface area contributed by atoms with Crippen LogP contribution in [0, 0.1) is 13.8 Å². The molecule has 3 rings (SSSR count). The average Bonchev–Trinajstić information content (AvgIpc) is 2.48. The highest BCUT2D eigenvalue weighted by Gasteiger charge is 2.19. The molecule has 0 bridgehead atoms. The van der Waals surface area contributed by atoms with Crippen LogP contribution >= 0.6 is 0 Å². The van der Waals surface area contributed by atoms with Crippen LogP contribution in [-0.2, 0) is 0 Å². The number of hydrogen-bond donors (Lipinski definition) is 2. The van der Waals surface area contributed by atoms with Gasteiger partial charge in [0.2, 0.25) is 5.95 Å². The van der Waals surface area contributed by atoms with Gasteiger partial charge in [0.1, 0.15) is 5.82 Å². The third-order valence-electron chi connectivity index (χ3n) is 4.47. The van der Waals surface area contributed by atoms with Crippen LogP contribution in [0.2, 0.25) is 0 Å². The van der Waals surface area contributed by atoms with E-state index >= 15 is 0 Å². The molecular formula is C18H28N6. The summed E-state index contributed by atoms with van der Waals surface area (Å²) in [4.78, 5) is 16.4. The molecule has 0 aromatic carbocycles. The van der Waals surface area contributed by atoms with Crippen molar-refractivity contribution in [3.05, 3.63) is 17.3 Å². The minimum Gasteiger partial charge on any atom is -0.367 e. The highest BCUT2D eigenvalue weighted by atomic mass is 15.2. The number of nitrogens with one attached hydrogen (secondary N) is 2. The normalized spacial score (nSPS) is 16.8. The van der Waals surface area contributed by atoms with Gasteiger partial charge in [-0.3, -0.25) is 0 Å². The first kappa shape index (κ1) is 16.9. The fraction of sp³-hybridized carbons (Fsp3) is 0.611. The van der Waals surface area contributed by atoms with Crippen molar-refractivity contribution in [2.24, 2.45) is 0 Å². The second kappa shape index (κ2) is 6.89. The van der Waals surface area contributed by atoms with E-state index in [-0.39, 0.29) is 0 Å². The number of nitrogens with zero attached hydrogens (tertiary/aromatic N) is 4. The van der Waals surface area contributed by atoms with Gasteiger partial charge in [-0.15, -0.1) is 0 Å². The van der Waals surface area contributed by atoms with Gasteiger partial charge in [-0.2, -0.15) is 9.97 Å². The van der Waals surface area contributed by atoms with Crippen molar-refractivity contribution in [1.82, 2.24) is 19.9 Å². The second-order valence-electron chi connectivity index (χ2n) is 7.20. The summed E-state index contributed by atoms with van der Waals surface area (Å²) in [6, 6.07) is 2.82. The Labute approximate surface area is 144 Å². The molecule has 24 heavy (non-hydrogen) atoms. The van der Waals surface area contributed by atoms with E-state index in [0.717, 1.165) is 54.0 Å². The Morgan fingerprint density at radius 3 is 2.50 bits per heavy atom. The molecule has 0 aliphatic carbocycles. The lowest BCUT2D eigenvalue weighted by Gasteiger charge is -2.29. The Bertz CT molecular complexity index is 719. The Kier molecular flexibility index (Phi) is 4.85. The van der Waals surface area contributed by atoms with Gasteiger partial charge in [0.25, 0.3) is 0 Å². The zero-order valence-corrected chi connectivity index (χ0v) is 15.3. The van der Waals surface area contributed by atoms with Gasteiger partial charge in [-0.05, 0) is 72.3 Å². The van der Waals surface area contributed by atoms with E-state index in [4.69, 9.17) is 9.97 Å². The highest BCUT2D eigenvalue weighted by Crippen LogP contribution is 2.26. The SMILES string of the molecule is Cc1cc(C)c2c(NC(C)C)nc(NC3CCN(C)CC3)nc2n1. The number of rotatable bonds is 4. The van der Waals surface area contributed by atoms with Gasteiger partial charge < -0.3 is 15.5 Å². The number of aryl methyl sites for hydroxylation is 2. The van der Waals surface area contributed by atoms with Crippen LogP contribution in [-0.4, -0.2) is 52.1 Å². The molecule has 0 atom stereocenters. The molecule has 0 radical (unpaired) electrons. The van der Waals surface area contributed by atoms with Gasteiger partial charge in [0.15, 0.2) is 5.65 Å². The smallest absolute Gasteiger partial charge is 0.226 e. The van der Waals surface area contributed by atoms with Gasteiger partial charge in [0.05, 0.1) is 5.39 Å². The largest absolute Gasteiger partial charge is 0.367 e. The highest BCUT2D eigenvalue weighted by molar-refractivity contribution is 5.90. The maximum absolute atomic E-state index is 4.76. The molecule has 0 amide bonds. The van der Waals surface area contributed by atoms with Crippen LogP contribution in [0.25, 0.3) is 11.0 Å². The first-order valence-corrected chi connectivity index (χ1v) is 8.80. The third-order valence-corrected chi connectivity index (χ3v) is 4.47. The molecule has 0 spiro atoms. The van der Waals surface area contributed by atoms with Crippen molar-refractivity contribution < 1.29 is 0 Å². The molecule has 0 unspecified atom stereocenters. The van der Waals surface area contributed by atoms with Crippen LogP contribution < -0.4 is 10.6 Å². The topological polar surface area (TPSA) is 66.0 Å². The third kappa shape index (κ3) is 3.75. The van der Waals surface area contributed by atoms with Crippen LogP contribution in [0.5, 0.6) is 0 Å². The zero-order valence-electron chi connectivity index (χ0n) is 15.3. The number of aromatic nitrogens is 3. The van der Waals surface area contributed by atoms with Crippen molar-refractivity contribution in [3.8, 4) is 0 Å². The van der Waals surface area contributed by atoms with E-state index in [1.54, 1.807) is 0 Å². The van der Waals surface area contributed by atoms with Gasteiger partial charge in [-0.1, -0.05) is 0 Å². The quantitative estimate of drug-likeness (QED) is 0.899. The molecule has 130 valence electrons. The monoisotopic (exact) mass is 328 g/mol. The van der Waals surface area contributed by atoms with E-state index < -0.39 is 0 Å². The molecule has 1 aliphatic heterocycles. The van der Waals surface area contributed by atoms with Crippen LogP contribution in [0.1, 0.15) is 37.9 Å². The van der Waals surface area contributed by atoms with E-state index in [9.17, 15) is 0 Å². The fourth-order valence-corrected chi connectivity index (χ4v) is 3.26. The molecule has 1 saturated heterocycles. The molecule has 0 saturated carbocycles. The Morgan fingerprint density at radius 1 is 1.12 bits per heavy atom. The lowest BCUT2D eigenvalue weighted by Crippen LogP contribution is -2.37. The number of likely N-dealkylation sites (tertiary alicyclic amines) is 1. The van der Waals surface area contributed by atoms with E-state index in [2.05, 4.69) is 54.4 Å². The van der Waals surface area contributed by atoms with Crippen LogP contribution in [0.15, 0.2) is 6.07 Å². The number of piperidine rings is 1. The molecule has 1 aliphatic rings. The number of hydrogen-bond acceptors (Lipinski definition) is 6. The zero-order chi connectivity index (χ0) is 17.3. The van der Waals surface area contributed by atoms with Crippen molar-refractivity contribution in [2.75, 3.05) is 30.8 Å². The van der Waals surface area contributed by atoms with Crippen molar-refractivity contribution in [2.45, 2.75) is 52.6 Å². The van der Waals surface area contributed by atoms with Crippen LogP contribution in [0.4, 0.5) is 11.8 Å². The Morgan fingerprint density at radius 2 is 1.83 bits per heavy atom. The van der Waals surface area contributed by atoms with Crippen LogP contribution in [0.3, 0.4) is 0 Å². The summed E-state index contributed by atoms with van der Waals surface area (Å²) in [6.07, 6.45) is 2.23. The molecule has 3 heterocycles. The minimum atomic E-state index is 0.306. The standard InChI is InChI=1S/C18H28N6/c1-11(2)19-16-15-12(3)10-13(4)20-17(15)23-18(22-16)21-14-6-8-24(5)9-7-14/h10-11,14H,6-9H2,1-5H3,(H2,19,20,21,22,23). The summed E-state index contributed by atoms with van der Waals surface area (Å²) in [7, 11) is 2.17. The molecule has 6 heteroatoms. The molecule has 2 N–H and O–H groups in total. The van der Waals surface area contributed by atoms with E-state index in [1.165, 1.54) is 0 Å². The first-order chi connectivity index (χ1) is 11.4. The van der Waals surface area contributed by atoms with E-state index in [0.29, 0.717) is 18.0 Å². The summed E-state index contributed by atoms with van der Waals surface area (Å²) in [5.74, 6) is 1.55. The summed E-state index contributed by atoms with van der Waals surface area (Å²) in [5.41, 5.74) is 2.91.